The Balaban J connectivity index is 2.35. The van der Waals surface area contributed by atoms with Crippen molar-refractivity contribution in [3.05, 3.63) is 32.6 Å². The number of aliphatic hydroxyl groups is 2. The molecule has 0 aromatic carbocycles. The van der Waals surface area contributed by atoms with Gasteiger partial charge < -0.3 is 10.2 Å². The largest absolute Gasteiger partial charge is 0.395 e. The topological polar surface area (TPSA) is 95.3 Å². The molecule has 3 N–H and O–H groups in total. The van der Waals surface area contributed by atoms with E-state index in [9.17, 15) is 14.7 Å². The van der Waals surface area contributed by atoms with Gasteiger partial charge in [-0.3, -0.25) is 14.3 Å². The molecule has 6 nitrogen and oxygen atoms in total. The van der Waals surface area contributed by atoms with E-state index < -0.39 is 11.8 Å². The van der Waals surface area contributed by atoms with Crippen molar-refractivity contribution in [1.29, 1.82) is 0 Å². The van der Waals surface area contributed by atoms with Crippen LogP contribution in [0.15, 0.2) is 15.8 Å². The molecular formula is C11H16N2O4S. The molecule has 1 saturated heterocycles. The van der Waals surface area contributed by atoms with Gasteiger partial charge >= 0.3 is 5.69 Å². The van der Waals surface area contributed by atoms with E-state index in [1.807, 2.05) is 6.92 Å². The van der Waals surface area contributed by atoms with Gasteiger partial charge in [0.1, 0.15) is 0 Å². The fourth-order valence-electron chi connectivity index (χ4n) is 2.04. The van der Waals surface area contributed by atoms with E-state index in [0.29, 0.717) is 18.4 Å². The Bertz CT molecular complexity index is 539. The van der Waals surface area contributed by atoms with Crippen molar-refractivity contribution in [1.82, 2.24) is 9.55 Å². The molecule has 0 radical (unpaired) electrons. The van der Waals surface area contributed by atoms with Crippen LogP contribution in [0.2, 0.25) is 0 Å². The molecule has 3 atom stereocenters. The number of nitrogens with zero attached hydrogens (tertiary/aromatic N) is 1. The van der Waals surface area contributed by atoms with Crippen LogP contribution in [0.4, 0.5) is 0 Å². The molecule has 0 saturated carbocycles. The summed E-state index contributed by atoms with van der Waals surface area (Å²) in [6.45, 7) is 1.72. The minimum Gasteiger partial charge on any atom is -0.395 e. The molecular weight excluding hydrogens is 256 g/mol. The molecule has 0 aliphatic carbocycles. The standard InChI is InChI=1S/C11H16N2O4S/c1-2-6-4-13(11(17)12-10(6)16)9-3-7(15)8(5-14)18-9/h4,7-9,14-15H,2-3,5H2,1H3,(H,12,16,17)/t7-,8-,9-/m0/s1. The summed E-state index contributed by atoms with van der Waals surface area (Å²) < 4.78 is 1.43. The second-order valence-corrected chi connectivity index (χ2v) is 5.71. The highest BCUT2D eigenvalue weighted by molar-refractivity contribution is 8.00. The van der Waals surface area contributed by atoms with Crippen LogP contribution in [-0.4, -0.2) is 37.7 Å². The third kappa shape index (κ3) is 2.38. The number of aromatic amines is 1. The lowest BCUT2D eigenvalue weighted by Crippen LogP contribution is -2.32. The summed E-state index contributed by atoms with van der Waals surface area (Å²) in [6.07, 6.45) is 1.85. The van der Waals surface area contributed by atoms with Crippen LogP contribution in [0, 0.1) is 0 Å². The average Bonchev–Trinajstić information content (AvgIpc) is 2.70. The predicted molar refractivity (Wildman–Crippen MR) is 68.8 cm³/mol. The minimum absolute atomic E-state index is 0.124. The lowest BCUT2D eigenvalue weighted by molar-refractivity contribution is 0.137. The van der Waals surface area contributed by atoms with Gasteiger partial charge in [0.05, 0.1) is 23.3 Å². The van der Waals surface area contributed by atoms with Crippen molar-refractivity contribution < 1.29 is 10.2 Å². The molecule has 1 aromatic rings. The highest BCUT2D eigenvalue weighted by atomic mass is 32.2. The van der Waals surface area contributed by atoms with Crippen LogP contribution in [-0.2, 0) is 6.42 Å². The lowest BCUT2D eigenvalue weighted by Gasteiger charge is -2.13. The first-order valence-electron chi connectivity index (χ1n) is 5.85. The van der Waals surface area contributed by atoms with Crippen LogP contribution in [0.3, 0.4) is 0 Å². The Hall–Kier alpha value is -1.05. The first kappa shape index (κ1) is 13.4. The fraction of sp³-hybridized carbons (Fsp3) is 0.636. The van der Waals surface area contributed by atoms with Crippen LogP contribution in [0.5, 0.6) is 0 Å². The van der Waals surface area contributed by atoms with E-state index in [2.05, 4.69) is 4.98 Å². The number of nitrogens with one attached hydrogen (secondary N) is 1. The van der Waals surface area contributed by atoms with Crippen LogP contribution >= 0.6 is 11.8 Å². The Morgan fingerprint density at radius 2 is 2.28 bits per heavy atom. The van der Waals surface area contributed by atoms with Crippen molar-refractivity contribution in [2.45, 2.75) is 36.5 Å². The molecule has 1 fully saturated rings. The Morgan fingerprint density at radius 1 is 1.56 bits per heavy atom. The van der Waals surface area contributed by atoms with E-state index in [1.165, 1.54) is 16.3 Å². The van der Waals surface area contributed by atoms with Gasteiger partial charge in [0.2, 0.25) is 0 Å². The SMILES string of the molecule is CCc1cn([C@@H]2C[C@H](O)[C@H](CO)S2)c(=O)[nH]c1=O. The molecule has 2 rings (SSSR count). The van der Waals surface area contributed by atoms with Gasteiger partial charge in [0.25, 0.3) is 5.56 Å². The Kier molecular flexibility index (Phi) is 3.94. The zero-order valence-electron chi connectivity index (χ0n) is 10.00. The summed E-state index contributed by atoms with van der Waals surface area (Å²) in [7, 11) is 0. The monoisotopic (exact) mass is 272 g/mol. The van der Waals surface area contributed by atoms with E-state index >= 15 is 0 Å². The minimum atomic E-state index is -0.631. The molecule has 0 spiro atoms. The maximum absolute atomic E-state index is 11.7. The number of thioether (sulfide) groups is 1. The average molecular weight is 272 g/mol. The fourth-order valence-corrected chi connectivity index (χ4v) is 3.42. The summed E-state index contributed by atoms with van der Waals surface area (Å²) in [5, 5.41) is 18.3. The zero-order chi connectivity index (χ0) is 13.3. The number of hydrogen-bond donors (Lipinski definition) is 3. The number of rotatable bonds is 3. The van der Waals surface area contributed by atoms with Gasteiger partial charge in [-0.25, -0.2) is 4.79 Å². The van der Waals surface area contributed by atoms with Gasteiger partial charge in [-0.05, 0) is 6.42 Å². The molecule has 0 unspecified atom stereocenters. The van der Waals surface area contributed by atoms with Gasteiger partial charge in [0, 0.05) is 18.2 Å². The van der Waals surface area contributed by atoms with Gasteiger partial charge in [-0.1, -0.05) is 6.92 Å². The normalized spacial score (nSPS) is 27.6. The molecule has 7 heteroatoms. The van der Waals surface area contributed by atoms with Crippen molar-refractivity contribution >= 4 is 11.8 Å². The second kappa shape index (κ2) is 5.29. The van der Waals surface area contributed by atoms with Crippen molar-refractivity contribution in [3.8, 4) is 0 Å². The van der Waals surface area contributed by atoms with Crippen molar-refractivity contribution in [3.63, 3.8) is 0 Å². The summed E-state index contributed by atoms with van der Waals surface area (Å²) in [6, 6.07) is 0. The molecule has 0 bridgehead atoms. The quantitative estimate of drug-likeness (QED) is 0.686. The summed E-state index contributed by atoms with van der Waals surface area (Å²) in [5.41, 5.74) is -0.293. The molecule has 100 valence electrons. The highest BCUT2D eigenvalue weighted by Gasteiger charge is 2.34. The van der Waals surface area contributed by atoms with E-state index in [-0.39, 0.29) is 22.8 Å². The second-order valence-electron chi connectivity index (χ2n) is 4.29. The van der Waals surface area contributed by atoms with E-state index in [4.69, 9.17) is 5.11 Å². The van der Waals surface area contributed by atoms with Gasteiger partial charge in [0.15, 0.2) is 0 Å². The maximum Gasteiger partial charge on any atom is 0.329 e. The Labute approximate surface area is 108 Å². The number of aromatic nitrogens is 2. The zero-order valence-corrected chi connectivity index (χ0v) is 10.8. The molecule has 1 aliphatic heterocycles. The number of hydrogen-bond acceptors (Lipinski definition) is 5. The van der Waals surface area contributed by atoms with Crippen molar-refractivity contribution in [2.75, 3.05) is 6.61 Å². The molecule has 0 amide bonds. The number of H-pyrrole nitrogens is 1. The van der Waals surface area contributed by atoms with E-state index in [0.717, 1.165) is 0 Å². The summed E-state index contributed by atoms with van der Waals surface area (Å²) in [5.74, 6) is 0. The van der Waals surface area contributed by atoms with Crippen LogP contribution < -0.4 is 11.2 Å². The first-order valence-corrected chi connectivity index (χ1v) is 6.79. The third-order valence-electron chi connectivity index (χ3n) is 3.12. The molecule has 2 heterocycles. The smallest absolute Gasteiger partial charge is 0.329 e. The highest BCUT2D eigenvalue weighted by Crippen LogP contribution is 2.40. The molecule has 1 aromatic heterocycles. The lowest BCUT2D eigenvalue weighted by atomic mass is 10.2. The number of aliphatic hydroxyl groups excluding tert-OH is 2. The van der Waals surface area contributed by atoms with Crippen LogP contribution in [0.25, 0.3) is 0 Å². The Morgan fingerprint density at radius 3 is 2.83 bits per heavy atom. The first-order chi connectivity index (χ1) is 8.56. The van der Waals surface area contributed by atoms with Crippen LogP contribution in [0.1, 0.15) is 24.3 Å². The van der Waals surface area contributed by atoms with Gasteiger partial charge in [-0.15, -0.1) is 11.8 Å². The third-order valence-corrected chi connectivity index (χ3v) is 4.66. The molecule has 18 heavy (non-hydrogen) atoms. The summed E-state index contributed by atoms with van der Waals surface area (Å²) >= 11 is 1.35. The summed E-state index contributed by atoms with van der Waals surface area (Å²) in [4.78, 5) is 25.5. The number of aryl methyl sites for hydroxylation is 1. The van der Waals surface area contributed by atoms with Crippen molar-refractivity contribution in [2.24, 2.45) is 0 Å². The van der Waals surface area contributed by atoms with E-state index in [1.54, 1.807) is 6.20 Å². The molecule has 1 aliphatic rings. The maximum atomic E-state index is 11.7. The van der Waals surface area contributed by atoms with Gasteiger partial charge in [-0.2, -0.15) is 0 Å². The predicted octanol–water partition coefficient (Wildman–Crippen LogP) is -0.544.